The number of halogens is 1. The number of hydrogen-bond acceptors (Lipinski definition) is 4. The fourth-order valence-corrected chi connectivity index (χ4v) is 4.52. The lowest BCUT2D eigenvalue weighted by Crippen LogP contribution is -2.40. The van der Waals surface area contributed by atoms with E-state index in [-0.39, 0.29) is 24.5 Å². The number of hydrogen-bond donors (Lipinski definition) is 1. The van der Waals surface area contributed by atoms with Crippen LogP contribution < -0.4 is 10.1 Å². The fraction of sp³-hybridized carbons (Fsp3) is 0.208. The maximum absolute atomic E-state index is 13.3. The summed E-state index contributed by atoms with van der Waals surface area (Å²) in [6, 6.07) is 19.2. The van der Waals surface area contributed by atoms with Crippen LogP contribution in [0, 0.1) is 12.7 Å². The molecule has 0 saturated heterocycles. The van der Waals surface area contributed by atoms with Gasteiger partial charge in [0.1, 0.15) is 11.6 Å². The first-order chi connectivity index (χ1) is 15.3. The van der Waals surface area contributed by atoms with Gasteiger partial charge in [-0.25, -0.2) is 12.8 Å². The standard InChI is InChI=1S/C24H25FN2O4S/c1-18-7-13-22(14-8-18)32(29,30)27(16-19-9-11-21(25)12-10-19)17-24(28)26-15-20-5-3-4-6-23(20)31-2/h3-14H,15-17H2,1-2H3,(H,26,28). The fourth-order valence-electron chi connectivity index (χ4n) is 3.14. The molecule has 168 valence electrons. The Morgan fingerprint density at radius 3 is 2.31 bits per heavy atom. The van der Waals surface area contributed by atoms with E-state index in [1.54, 1.807) is 25.3 Å². The first kappa shape index (κ1) is 23.4. The summed E-state index contributed by atoms with van der Waals surface area (Å²) in [7, 11) is -2.42. The molecule has 0 atom stereocenters. The molecule has 0 aliphatic rings. The third-order valence-corrected chi connectivity index (χ3v) is 6.73. The second-order valence-corrected chi connectivity index (χ2v) is 9.24. The number of benzene rings is 3. The van der Waals surface area contributed by atoms with Gasteiger partial charge in [-0.1, -0.05) is 48.0 Å². The number of amides is 1. The Bertz CT molecular complexity index is 1160. The number of carbonyl (C=O) groups is 1. The summed E-state index contributed by atoms with van der Waals surface area (Å²) < 4.78 is 46.2. The van der Waals surface area contributed by atoms with Crippen LogP contribution in [0.15, 0.2) is 77.7 Å². The van der Waals surface area contributed by atoms with E-state index in [9.17, 15) is 17.6 Å². The van der Waals surface area contributed by atoms with E-state index in [4.69, 9.17) is 4.74 Å². The smallest absolute Gasteiger partial charge is 0.243 e. The Hall–Kier alpha value is -3.23. The SMILES string of the molecule is COc1ccccc1CNC(=O)CN(Cc1ccc(F)cc1)S(=O)(=O)c1ccc(C)cc1. The molecule has 0 fully saturated rings. The second-order valence-electron chi connectivity index (χ2n) is 7.30. The molecule has 0 unspecified atom stereocenters. The van der Waals surface area contributed by atoms with Crippen LogP contribution in [0.25, 0.3) is 0 Å². The second kappa shape index (κ2) is 10.4. The summed E-state index contributed by atoms with van der Waals surface area (Å²) >= 11 is 0. The zero-order valence-corrected chi connectivity index (χ0v) is 18.7. The molecule has 0 aliphatic heterocycles. The van der Waals surface area contributed by atoms with Crippen LogP contribution >= 0.6 is 0 Å². The monoisotopic (exact) mass is 456 g/mol. The van der Waals surface area contributed by atoms with Crippen LogP contribution in [0.5, 0.6) is 5.75 Å². The molecule has 0 heterocycles. The van der Waals surface area contributed by atoms with Crippen LogP contribution in [0.2, 0.25) is 0 Å². The van der Waals surface area contributed by atoms with Crippen molar-refractivity contribution in [2.45, 2.75) is 24.9 Å². The van der Waals surface area contributed by atoms with Gasteiger partial charge in [0.05, 0.1) is 18.6 Å². The summed E-state index contributed by atoms with van der Waals surface area (Å²) in [5, 5.41) is 2.75. The van der Waals surface area contributed by atoms with Gasteiger partial charge in [0.15, 0.2) is 0 Å². The van der Waals surface area contributed by atoms with Gasteiger partial charge in [-0.15, -0.1) is 0 Å². The van der Waals surface area contributed by atoms with Crippen molar-refractivity contribution in [2.24, 2.45) is 0 Å². The highest BCUT2D eigenvalue weighted by atomic mass is 32.2. The minimum Gasteiger partial charge on any atom is -0.496 e. The number of methoxy groups -OCH3 is 1. The maximum atomic E-state index is 13.3. The average molecular weight is 457 g/mol. The Morgan fingerprint density at radius 2 is 1.66 bits per heavy atom. The van der Waals surface area contributed by atoms with E-state index < -0.39 is 21.7 Å². The third-order valence-electron chi connectivity index (χ3n) is 4.92. The van der Waals surface area contributed by atoms with Crippen molar-refractivity contribution in [3.05, 3.63) is 95.3 Å². The lowest BCUT2D eigenvalue weighted by Gasteiger charge is -2.22. The summed E-state index contributed by atoms with van der Waals surface area (Å²) in [6.07, 6.45) is 0. The highest BCUT2D eigenvalue weighted by molar-refractivity contribution is 7.89. The summed E-state index contributed by atoms with van der Waals surface area (Å²) in [5.41, 5.74) is 2.26. The normalized spacial score (nSPS) is 11.4. The number of rotatable bonds is 9. The van der Waals surface area contributed by atoms with Crippen LogP contribution in [-0.2, 0) is 27.9 Å². The number of para-hydroxylation sites is 1. The van der Waals surface area contributed by atoms with Crippen LogP contribution in [0.1, 0.15) is 16.7 Å². The third kappa shape index (κ3) is 5.93. The minimum absolute atomic E-state index is 0.0709. The van der Waals surface area contributed by atoms with E-state index in [1.165, 1.54) is 36.4 Å². The Morgan fingerprint density at radius 1 is 1.00 bits per heavy atom. The first-order valence-electron chi connectivity index (χ1n) is 9.99. The quantitative estimate of drug-likeness (QED) is 0.533. The summed E-state index contributed by atoms with van der Waals surface area (Å²) in [4.78, 5) is 12.8. The van der Waals surface area contributed by atoms with Crippen molar-refractivity contribution in [1.82, 2.24) is 9.62 Å². The molecule has 32 heavy (non-hydrogen) atoms. The topological polar surface area (TPSA) is 75.7 Å². The average Bonchev–Trinajstić information content (AvgIpc) is 2.79. The number of nitrogens with one attached hydrogen (secondary N) is 1. The van der Waals surface area contributed by atoms with Crippen molar-refractivity contribution >= 4 is 15.9 Å². The molecule has 0 aromatic heterocycles. The molecule has 3 rings (SSSR count). The lowest BCUT2D eigenvalue weighted by molar-refractivity contribution is -0.121. The van der Waals surface area contributed by atoms with Gasteiger partial charge in [-0.2, -0.15) is 4.31 Å². The number of ether oxygens (including phenoxy) is 1. The number of sulfonamides is 1. The Labute approximate surface area is 187 Å². The predicted octanol–water partition coefficient (Wildman–Crippen LogP) is 3.65. The molecule has 0 radical (unpaired) electrons. The molecule has 1 N–H and O–H groups in total. The molecular weight excluding hydrogens is 431 g/mol. The molecule has 8 heteroatoms. The van der Waals surface area contributed by atoms with Gasteiger partial charge in [0, 0.05) is 18.7 Å². The van der Waals surface area contributed by atoms with Crippen molar-refractivity contribution in [3.8, 4) is 5.75 Å². The molecule has 3 aromatic rings. The van der Waals surface area contributed by atoms with Gasteiger partial charge in [-0.05, 0) is 42.8 Å². The maximum Gasteiger partial charge on any atom is 0.243 e. The van der Waals surface area contributed by atoms with E-state index >= 15 is 0 Å². The number of carbonyl (C=O) groups excluding carboxylic acids is 1. The largest absolute Gasteiger partial charge is 0.496 e. The zero-order valence-electron chi connectivity index (χ0n) is 17.9. The van der Waals surface area contributed by atoms with Crippen molar-refractivity contribution in [2.75, 3.05) is 13.7 Å². The summed E-state index contributed by atoms with van der Waals surface area (Å²) in [6.45, 7) is 1.59. The minimum atomic E-state index is -3.96. The zero-order chi connectivity index (χ0) is 23.1. The van der Waals surface area contributed by atoms with Crippen molar-refractivity contribution in [3.63, 3.8) is 0 Å². The van der Waals surface area contributed by atoms with Crippen LogP contribution in [-0.4, -0.2) is 32.3 Å². The molecule has 3 aromatic carbocycles. The van der Waals surface area contributed by atoms with Gasteiger partial charge in [-0.3, -0.25) is 4.79 Å². The molecule has 1 amide bonds. The van der Waals surface area contributed by atoms with Gasteiger partial charge >= 0.3 is 0 Å². The van der Waals surface area contributed by atoms with E-state index in [0.717, 1.165) is 15.4 Å². The van der Waals surface area contributed by atoms with Crippen LogP contribution in [0.3, 0.4) is 0 Å². The lowest BCUT2D eigenvalue weighted by atomic mass is 10.2. The van der Waals surface area contributed by atoms with Gasteiger partial charge in [0.25, 0.3) is 0 Å². The molecule has 0 saturated carbocycles. The highest BCUT2D eigenvalue weighted by Gasteiger charge is 2.27. The predicted molar refractivity (Wildman–Crippen MR) is 120 cm³/mol. The molecular formula is C24H25FN2O4S. The van der Waals surface area contributed by atoms with E-state index in [0.29, 0.717) is 11.3 Å². The van der Waals surface area contributed by atoms with Crippen molar-refractivity contribution in [1.29, 1.82) is 0 Å². The molecule has 0 spiro atoms. The van der Waals surface area contributed by atoms with Crippen LogP contribution in [0.4, 0.5) is 4.39 Å². The molecule has 0 aliphatic carbocycles. The Kier molecular flexibility index (Phi) is 7.61. The molecule has 0 bridgehead atoms. The number of nitrogens with zero attached hydrogens (tertiary/aromatic N) is 1. The molecule has 6 nitrogen and oxygen atoms in total. The van der Waals surface area contributed by atoms with Crippen molar-refractivity contribution < 1.29 is 22.3 Å². The number of aryl methyl sites for hydroxylation is 1. The summed E-state index contributed by atoms with van der Waals surface area (Å²) in [5.74, 6) is -0.256. The van der Waals surface area contributed by atoms with E-state index in [2.05, 4.69) is 5.32 Å². The Balaban J connectivity index is 1.80. The highest BCUT2D eigenvalue weighted by Crippen LogP contribution is 2.20. The van der Waals surface area contributed by atoms with Gasteiger partial charge in [0.2, 0.25) is 15.9 Å². The van der Waals surface area contributed by atoms with E-state index in [1.807, 2.05) is 25.1 Å². The van der Waals surface area contributed by atoms with Gasteiger partial charge < -0.3 is 10.1 Å². The first-order valence-corrected chi connectivity index (χ1v) is 11.4.